The van der Waals surface area contributed by atoms with E-state index >= 15 is 0 Å². The van der Waals surface area contributed by atoms with Gasteiger partial charge in [-0.15, -0.1) is 0 Å². The maximum absolute atomic E-state index is 11.7. The van der Waals surface area contributed by atoms with Gasteiger partial charge in [-0.05, 0) is 53.6 Å². The summed E-state index contributed by atoms with van der Waals surface area (Å²) in [5.41, 5.74) is 0.849. The fourth-order valence-corrected chi connectivity index (χ4v) is 2.72. The van der Waals surface area contributed by atoms with Crippen molar-refractivity contribution in [1.29, 1.82) is 0 Å². The number of halogens is 2. The van der Waals surface area contributed by atoms with Crippen LogP contribution in [0.2, 0.25) is 5.02 Å². The van der Waals surface area contributed by atoms with Gasteiger partial charge in [-0.2, -0.15) is 0 Å². The van der Waals surface area contributed by atoms with E-state index in [0.717, 1.165) is 28.6 Å². The van der Waals surface area contributed by atoms with E-state index in [1.54, 1.807) is 4.90 Å². The molecule has 0 N–H and O–H groups in total. The number of nitrogens with zero attached hydrogens (tertiary/aromatic N) is 1. The monoisotopic (exact) mass is 335 g/mol. The van der Waals surface area contributed by atoms with E-state index in [0.29, 0.717) is 11.4 Å². The molecule has 0 atom stereocenters. The Morgan fingerprint density at radius 3 is 2.80 bits per heavy atom. The van der Waals surface area contributed by atoms with Gasteiger partial charge in [-0.25, -0.2) is 0 Å². The Kier molecular flexibility index (Phi) is 3.51. The minimum absolute atomic E-state index is 0.185. The van der Waals surface area contributed by atoms with Gasteiger partial charge in [0, 0.05) is 16.5 Å². The molecule has 2 rings (SSSR count). The predicted molar refractivity (Wildman–Crippen MR) is 70.4 cm³/mol. The number of rotatable bonds is 1. The van der Waals surface area contributed by atoms with Gasteiger partial charge in [-0.3, -0.25) is 4.79 Å². The molecule has 1 aliphatic heterocycles. The molecule has 0 saturated carbocycles. The number of carbonyl (C=O) groups is 1. The van der Waals surface area contributed by atoms with Gasteiger partial charge in [0.05, 0.1) is 10.7 Å². The highest BCUT2D eigenvalue weighted by atomic mass is 127. The van der Waals surface area contributed by atoms with Crippen LogP contribution in [0.25, 0.3) is 0 Å². The number of hydrogen-bond donors (Lipinski definition) is 0. The second-order valence-corrected chi connectivity index (χ2v) is 5.25. The third kappa shape index (κ3) is 2.45. The average molecular weight is 336 g/mol. The van der Waals surface area contributed by atoms with Gasteiger partial charge in [0.2, 0.25) is 5.91 Å². The molecule has 80 valence electrons. The van der Waals surface area contributed by atoms with Gasteiger partial charge in [0.15, 0.2) is 0 Å². The normalized spacial score (nSPS) is 16.9. The lowest BCUT2D eigenvalue weighted by molar-refractivity contribution is -0.119. The van der Waals surface area contributed by atoms with Gasteiger partial charge < -0.3 is 4.90 Å². The summed E-state index contributed by atoms with van der Waals surface area (Å²) in [5, 5.41) is 0.664. The van der Waals surface area contributed by atoms with E-state index in [9.17, 15) is 4.79 Å². The second-order valence-electron chi connectivity index (χ2n) is 3.60. The lowest BCUT2D eigenvalue weighted by Crippen LogP contribution is -2.35. The number of piperidine rings is 1. The smallest absolute Gasteiger partial charge is 0.227 e. The molecule has 0 unspecified atom stereocenters. The third-order valence-electron chi connectivity index (χ3n) is 2.52. The number of amides is 1. The van der Waals surface area contributed by atoms with E-state index in [4.69, 9.17) is 11.6 Å². The fourth-order valence-electron chi connectivity index (χ4n) is 1.76. The van der Waals surface area contributed by atoms with Crippen LogP contribution in [0.5, 0.6) is 0 Å². The third-order valence-corrected chi connectivity index (χ3v) is 3.50. The molecule has 1 aromatic rings. The Balaban J connectivity index is 2.31. The zero-order valence-corrected chi connectivity index (χ0v) is 11.1. The minimum atomic E-state index is 0.185. The summed E-state index contributed by atoms with van der Waals surface area (Å²) >= 11 is 8.34. The molecule has 1 amide bonds. The molecule has 0 bridgehead atoms. The van der Waals surface area contributed by atoms with Crippen LogP contribution in [0.4, 0.5) is 5.69 Å². The lowest BCUT2D eigenvalue weighted by atomic mass is 10.1. The molecule has 1 aliphatic rings. The first kappa shape index (κ1) is 11.2. The first-order valence-electron chi connectivity index (χ1n) is 4.94. The Labute approximate surface area is 108 Å². The first-order valence-corrected chi connectivity index (χ1v) is 6.39. The van der Waals surface area contributed by atoms with Crippen LogP contribution in [0, 0.1) is 3.57 Å². The number of carbonyl (C=O) groups excluding carboxylic acids is 1. The Hall–Kier alpha value is -0.290. The lowest BCUT2D eigenvalue weighted by Gasteiger charge is -2.27. The van der Waals surface area contributed by atoms with Crippen LogP contribution in [0.1, 0.15) is 19.3 Å². The summed E-state index contributed by atoms with van der Waals surface area (Å²) in [7, 11) is 0. The average Bonchev–Trinajstić information content (AvgIpc) is 2.20. The summed E-state index contributed by atoms with van der Waals surface area (Å²) < 4.78 is 1.09. The van der Waals surface area contributed by atoms with Crippen molar-refractivity contribution in [2.45, 2.75) is 19.3 Å². The van der Waals surface area contributed by atoms with E-state index in [-0.39, 0.29) is 5.91 Å². The topological polar surface area (TPSA) is 20.3 Å². The molecule has 0 aromatic heterocycles. The SMILES string of the molecule is O=C1CCCCN1c1ccc(I)cc1Cl. The highest BCUT2D eigenvalue weighted by Crippen LogP contribution is 2.30. The first-order chi connectivity index (χ1) is 7.18. The van der Waals surface area contributed by atoms with Crippen molar-refractivity contribution in [3.8, 4) is 0 Å². The van der Waals surface area contributed by atoms with Crippen molar-refractivity contribution in [3.63, 3.8) is 0 Å². The van der Waals surface area contributed by atoms with Crippen LogP contribution in [0.3, 0.4) is 0 Å². The number of anilines is 1. The van der Waals surface area contributed by atoms with Crippen molar-refractivity contribution in [2.24, 2.45) is 0 Å². The highest BCUT2D eigenvalue weighted by Gasteiger charge is 2.21. The quantitative estimate of drug-likeness (QED) is 0.720. The van der Waals surface area contributed by atoms with Gasteiger partial charge >= 0.3 is 0 Å². The summed E-state index contributed by atoms with van der Waals surface area (Å²) in [5.74, 6) is 0.185. The van der Waals surface area contributed by atoms with Crippen LogP contribution >= 0.6 is 34.2 Å². The zero-order valence-electron chi connectivity index (χ0n) is 8.17. The summed E-state index contributed by atoms with van der Waals surface area (Å²) in [6, 6.07) is 5.79. The zero-order chi connectivity index (χ0) is 10.8. The maximum atomic E-state index is 11.7. The molecule has 1 saturated heterocycles. The van der Waals surface area contributed by atoms with E-state index in [1.165, 1.54) is 0 Å². The molecule has 4 heteroatoms. The van der Waals surface area contributed by atoms with Crippen molar-refractivity contribution in [1.82, 2.24) is 0 Å². The molecule has 0 radical (unpaired) electrons. The minimum Gasteiger partial charge on any atom is -0.311 e. The van der Waals surface area contributed by atoms with Crippen LogP contribution in [-0.2, 0) is 4.79 Å². The summed E-state index contributed by atoms with van der Waals surface area (Å²) in [4.78, 5) is 13.5. The van der Waals surface area contributed by atoms with Gasteiger partial charge in [-0.1, -0.05) is 11.6 Å². The molecule has 1 fully saturated rings. The molecular formula is C11H11ClINO. The number of benzene rings is 1. The van der Waals surface area contributed by atoms with Crippen LogP contribution < -0.4 is 4.90 Å². The summed E-state index contributed by atoms with van der Waals surface area (Å²) in [6.07, 6.45) is 2.70. The van der Waals surface area contributed by atoms with Crippen LogP contribution in [-0.4, -0.2) is 12.5 Å². The molecule has 1 aromatic carbocycles. The molecule has 15 heavy (non-hydrogen) atoms. The van der Waals surface area contributed by atoms with Crippen molar-refractivity contribution in [3.05, 3.63) is 26.8 Å². The summed E-state index contributed by atoms with van der Waals surface area (Å²) in [6.45, 7) is 0.791. The standard InChI is InChI=1S/C11H11ClINO/c12-9-7-8(13)4-5-10(9)14-6-2-1-3-11(14)15/h4-5,7H,1-3,6H2. The van der Waals surface area contributed by atoms with Gasteiger partial charge in [0.1, 0.15) is 0 Å². The van der Waals surface area contributed by atoms with E-state index in [1.807, 2.05) is 18.2 Å². The fraction of sp³-hybridized carbons (Fsp3) is 0.364. The Bertz CT molecular complexity index is 394. The Morgan fingerprint density at radius 1 is 1.33 bits per heavy atom. The van der Waals surface area contributed by atoms with Gasteiger partial charge in [0.25, 0.3) is 0 Å². The highest BCUT2D eigenvalue weighted by molar-refractivity contribution is 14.1. The largest absolute Gasteiger partial charge is 0.311 e. The molecular weight excluding hydrogens is 324 g/mol. The molecule has 2 nitrogen and oxygen atoms in total. The number of hydrogen-bond acceptors (Lipinski definition) is 1. The predicted octanol–water partition coefficient (Wildman–Crippen LogP) is 3.46. The Morgan fingerprint density at radius 2 is 2.13 bits per heavy atom. The van der Waals surface area contributed by atoms with Crippen molar-refractivity contribution >= 4 is 45.8 Å². The molecule has 0 aliphatic carbocycles. The van der Waals surface area contributed by atoms with E-state index < -0.39 is 0 Å². The maximum Gasteiger partial charge on any atom is 0.227 e. The second kappa shape index (κ2) is 4.70. The van der Waals surface area contributed by atoms with Crippen LogP contribution in [0.15, 0.2) is 18.2 Å². The van der Waals surface area contributed by atoms with Crippen molar-refractivity contribution in [2.75, 3.05) is 11.4 Å². The molecule has 0 spiro atoms. The van der Waals surface area contributed by atoms with Crippen molar-refractivity contribution < 1.29 is 4.79 Å². The molecule has 1 heterocycles. The van der Waals surface area contributed by atoms with E-state index in [2.05, 4.69) is 22.6 Å².